The molecule has 4 rings (SSSR count). The smallest absolute Gasteiger partial charge is 0.308 e. The molecule has 2 N–H and O–H groups in total. The van der Waals surface area contributed by atoms with Crippen LogP contribution in [0.5, 0.6) is 0 Å². The van der Waals surface area contributed by atoms with Crippen molar-refractivity contribution >= 4 is 17.5 Å². The van der Waals surface area contributed by atoms with Gasteiger partial charge in [0.2, 0.25) is 0 Å². The second-order valence-corrected chi connectivity index (χ2v) is 14.2. The number of hydrogen-bond donors (Lipinski definition) is 2. The number of fused-ring (bicyclic) bond motifs is 4. The SMILES string of the molecule is COC(=O)[C@H](C)CC(=O)C[C@@H](C)[C@@H]1C[C@H](O)[C@@]2(C)C3=C(C(=O)C[C@]12C)[C@@]1(C)CC[C@H](O)C(C)(C)[C@@H]1CC3. The van der Waals surface area contributed by atoms with E-state index in [1.807, 2.05) is 0 Å². The van der Waals surface area contributed by atoms with E-state index >= 15 is 0 Å². The van der Waals surface area contributed by atoms with Gasteiger partial charge in [-0.05, 0) is 66.1 Å². The zero-order chi connectivity index (χ0) is 27.7. The number of carbonyl (C=O) groups excluding carboxylic acids is 3. The van der Waals surface area contributed by atoms with E-state index in [1.165, 1.54) is 7.11 Å². The number of allylic oxidation sites excluding steroid dienone is 1. The summed E-state index contributed by atoms with van der Waals surface area (Å²) in [4.78, 5) is 38.8. The Bertz CT molecular complexity index is 1010. The number of methoxy groups -OCH3 is 1. The predicted molar refractivity (Wildman–Crippen MR) is 141 cm³/mol. The van der Waals surface area contributed by atoms with Gasteiger partial charge in [-0.15, -0.1) is 0 Å². The summed E-state index contributed by atoms with van der Waals surface area (Å²) < 4.78 is 4.78. The summed E-state index contributed by atoms with van der Waals surface area (Å²) in [7, 11) is 1.33. The molecule has 0 aromatic heterocycles. The highest BCUT2D eigenvalue weighted by molar-refractivity contribution is 6.00. The van der Waals surface area contributed by atoms with Crippen molar-refractivity contribution in [2.45, 2.75) is 112 Å². The lowest BCUT2D eigenvalue weighted by atomic mass is 9.43. The first-order valence-corrected chi connectivity index (χ1v) is 14.3. The minimum absolute atomic E-state index is 0.00976. The minimum Gasteiger partial charge on any atom is -0.469 e. The fourth-order valence-corrected chi connectivity index (χ4v) is 9.65. The number of carbonyl (C=O) groups is 3. The lowest BCUT2D eigenvalue weighted by Crippen LogP contribution is -2.58. The Morgan fingerprint density at radius 3 is 2.30 bits per heavy atom. The van der Waals surface area contributed by atoms with Crippen LogP contribution in [0.2, 0.25) is 0 Å². The van der Waals surface area contributed by atoms with Crippen LogP contribution in [0.3, 0.4) is 0 Å². The molecule has 0 amide bonds. The van der Waals surface area contributed by atoms with Gasteiger partial charge in [0.15, 0.2) is 5.78 Å². The molecule has 6 heteroatoms. The molecule has 0 aromatic rings. The second-order valence-electron chi connectivity index (χ2n) is 14.2. The number of aliphatic hydroxyl groups excluding tert-OH is 2. The molecular formula is C31H48O6. The highest BCUT2D eigenvalue weighted by Crippen LogP contribution is 2.71. The van der Waals surface area contributed by atoms with Crippen LogP contribution in [0, 0.1) is 45.3 Å². The molecule has 0 aliphatic heterocycles. The van der Waals surface area contributed by atoms with Gasteiger partial charge in [0.05, 0.1) is 25.2 Å². The molecule has 4 aliphatic carbocycles. The summed E-state index contributed by atoms with van der Waals surface area (Å²) in [6.07, 6.45) is 3.66. The zero-order valence-electron chi connectivity index (χ0n) is 24.1. The number of hydrogen-bond acceptors (Lipinski definition) is 6. The third-order valence-corrected chi connectivity index (χ3v) is 12.0. The number of Topliss-reactive ketones (excluding diaryl/α,β-unsaturated/α-hetero) is 2. The Morgan fingerprint density at radius 1 is 1.03 bits per heavy atom. The van der Waals surface area contributed by atoms with Gasteiger partial charge >= 0.3 is 5.97 Å². The number of ether oxygens (including phenoxy) is 1. The maximum Gasteiger partial charge on any atom is 0.308 e. The van der Waals surface area contributed by atoms with E-state index in [2.05, 4.69) is 41.5 Å². The van der Waals surface area contributed by atoms with Crippen molar-refractivity contribution in [2.24, 2.45) is 45.3 Å². The van der Waals surface area contributed by atoms with Crippen molar-refractivity contribution in [3.8, 4) is 0 Å². The number of esters is 1. The molecule has 2 saturated carbocycles. The molecule has 9 atom stereocenters. The van der Waals surface area contributed by atoms with Gasteiger partial charge in [-0.1, -0.05) is 54.0 Å². The molecule has 6 nitrogen and oxygen atoms in total. The third-order valence-electron chi connectivity index (χ3n) is 12.0. The van der Waals surface area contributed by atoms with Crippen molar-refractivity contribution in [1.82, 2.24) is 0 Å². The topological polar surface area (TPSA) is 101 Å². The summed E-state index contributed by atoms with van der Waals surface area (Å²) >= 11 is 0. The molecule has 0 aromatic carbocycles. The molecule has 4 aliphatic rings. The van der Waals surface area contributed by atoms with Crippen molar-refractivity contribution in [3.05, 3.63) is 11.1 Å². The summed E-state index contributed by atoms with van der Waals surface area (Å²) in [5, 5.41) is 22.5. The first kappa shape index (κ1) is 28.5. The maximum absolute atomic E-state index is 14.1. The Kier molecular flexibility index (Phi) is 7.15. The quantitative estimate of drug-likeness (QED) is 0.480. The van der Waals surface area contributed by atoms with E-state index in [-0.39, 0.29) is 58.6 Å². The highest BCUT2D eigenvalue weighted by atomic mass is 16.5. The fourth-order valence-electron chi connectivity index (χ4n) is 9.65. The molecule has 0 unspecified atom stereocenters. The summed E-state index contributed by atoms with van der Waals surface area (Å²) in [5.41, 5.74) is 0.569. The van der Waals surface area contributed by atoms with Crippen LogP contribution >= 0.6 is 0 Å². The molecule has 208 valence electrons. The van der Waals surface area contributed by atoms with E-state index < -0.39 is 22.9 Å². The Morgan fingerprint density at radius 2 is 1.68 bits per heavy atom. The Balaban J connectivity index is 1.66. The van der Waals surface area contributed by atoms with E-state index in [1.54, 1.807) is 6.92 Å². The second kappa shape index (κ2) is 9.29. The summed E-state index contributed by atoms with van der Waals surface area (Å²) in [6, 6.07) is 0. The minimum atomic E-state index is -0.575. The Hall–Kier alpha value is -1.53. The van der Waals surface area contributed by atoms with Crippen molar-refractivity contribution in [1.29, 1.82) is 0 Å². The molecule has 0 bridgehead atoms. The van der Waals surface area contributed by atoms with Crippen LogP contribution < -0.4 is 0 Å². The third kappa shape index (κ3) is 3.99. The summed E-state index contributed by atoms with van der Waals surface area (Å²) in [6.45, 7) is 14.6. The largest absolute Gasteiger partial charge is 0.469 e. The van der Waals surface area contributed by atoms with Gasteiger partial charge < -0.3 is 14.9 Å². The van der Waals surface area contributed by atoms with Gasteiger partial charge in [-0.2, -0.15) is 0 Å². The van der Waals surface area contributed by atoms with Gasteiger partial charge in [0.1, 0.15) is 5.78 Å². The van der Waals surface area contributed by atoms with Crippen LogP contribution in [-0.2, 0) is 19.1 Å². The first-order valence-electron chi connectivity index (χ1n) is 14.3. The molecule has 2 fully saturated rings. The predicted octanol–water partition coefficient (Wildman–Crippen LogP) is 5.04. The van der Waals surface area contributed by atoms with Crippen molar-refractivity contribution < 1.29 is 29.3 Å². The standard InChI is InChI=1S/C31H48O6/c1-17(13-19(32)14-18(2)27(36)37-8)21-15-25(35)31(7)20-9-10-23-28(3,4)24(34)11-12-29(23,5)26(20)22(33)16-30(21,31)6/h17-18,21,23-25,34-35H,9-16H2,1-8H3/t17-,18-,21+,23+,24+,25+,29+,30-,31-/m1/s1. The average molecular weight is 517 g/mol. The van der Waals surface area contributed by atoms with Gasteiger partial charge in [0, 0.05) is 30.3 Å². The fraction of sp³-hybridized carbons (Fsp3) is 0.839. The number of ketones is 2. The summed E-state index contributed by atoms with van der Waals surface area (Å²) in [5.74, 6) is -0.388. The van der Waals surface area contributed by atoms with Crippen molar-refractivity contribution in [3.63, 3.8) is 0 Å². The Labute approximate surface area is 222 Å². The van der Waals surface area contributed by atoms with Gasteiger partial charge in [0.25, 0.3) is 0 Å². The van der Waals surface area contributed by atoms with E-state index in [0.29, 0.717) is 25.7 Å². The molecule has 0 saturated heterocycles. The highest BCUT2D eigenvalue weighted by Gasteiger charge is 2.68. The number of aliphatic hydroxyl groups is 2. The average Bonchev–Trinajstić information content (AvgIpc) is 3.02. The first-order chi connectivity index (χ1) is 17.1. The molecule has 37 heavy (non-hydrogen) atoms. The van der Waals surface area contributed by atoms with Crippen molar-refractivity contribution in [2.75, 3.05) is 7.11 Å². The molecule has 0 radical (unpaired) electrons. The van der Waals surface area contributed by atoms with Crippen LogP contribution in [-0.4, -0.2) is 47.1 Å². The molecular weight excluding hydrogens is 468 g/mol. The number of rotatable bonds is 6. The maximum atomic E-state index is 14.1. The monoisotopic (exact) mass is 516 g/mol. The van der Waals surface area contributed by atoms with Gasteiger partial charge in [-0.3, -0.25) is 14.4 Å². The molecule has 0 spiro atoms. The lowest BCUT2D eigenvalue weighted by molar-refractivity contribution is -0.146. The van der Waals surface area contributed by atoms with Gasteiger partial charge in [-0.25, -0.2) is 0 Å². The van der Waals surface area contributed by atoms with Crippen LogP contribution in [0.1, 0.15) is 99.8 Å². The van der Waals surface area contributed by atoms with Crippen LogP contribution in [0.15, 0.2) is 11.1 Å². The zero-order valence-corrected chi connectivity index (χ0v) is 24.1. The van der Waals surface area contributed by atoms with E-state index in [9.17, 15) is 24.6 Å². The van der Waals surface area contributed by atoms with Crippen LogP contribution in [0.4, 0.5) is 0 Å². The van der Waals surface area contributed by atoms with E-state index in [0.717, 1.165) is 30.4 Å². The van der Waals surface area contributed by atoms with Crippen LogP contribution in [0.25, 0.3) is 0 Å². The van der Waals surface area contributed by atoms with E-state index in [4.69, 9.17) is 4.74 Å². The molecule has 0 heterocycles. The normalized spacial score (nSPS) is 42.4. The lowest BCUT2D eigenvalue weighted by Gasteiger charge is -2.61.